The van der Waals surface area contributed by atoms with Gasteiger partial charge in [0.05, 0.1) is 12.8 Å². The number of hydrogen-bond donors (Lipinski definition) is 1. The molecule has 1 fully saturated rings. The van der Waals surface area contributed by atoms with Crippen molar-refractivity contribution in [1.82, 2.24) is 10.2 Å². The fraction of sp³-hybridized carbons (Fsp3) is 0.692. The third kappa shape index (κ3) is 3.98. The zero-order valence-corrected chi connectivity index (χ0v) is 11.0. The molecular weight excluding hydrogens is 273 g/mol. The van der Waals surface area contributed by atoms with Crippen LogP contribution < -0.4 is 0 Å². The molecule has 1 aromatic rings. The van der Waals surface area contributed by atoms with Gasteiger partial charge in [-0.15, -0.1) is 0 Å². The minimum Gasteiger partial charge on any atom is -0.465 e. The molecule has 0 aliphatic heterocycles. The van der Waals surface area contributed by atoms with Gasteiger partial charge in [-0.1, -0.05) is 12.8 Å². The maximum atomic E-state index is 12.6. The summed E-state index contributed by atoms with van der Waals surface area (Å²) in [6.07, 6.45) is 1.40. The molecule has 0 amide bonds. The van der Waals surface area contributed by atoms with Gasteiger partial charge in [0.2, 0.25) is 0 Å². The molecule has 1 aliphatic carbocycles. The van der Waals surface area contributed by atoms with E-state index < -0.39 is 11.9 Å². The first-order valence-corrected chi connectivity index (χ1v) is 6.72. The van der Waals surface area contributed by atoms with Crippen LogP contribution in [-0.2, 0) is 22.1 Å². The summed E-state index contributed by atoms with van der Waals surface area (Å²) >= 11 is 0. The summed E-state index contributed by atoms with van der Waals surface area (Å²) in [5, 5.41) is 5.31. The van der Waals surface area contributed by atoms with Crippen molar-refractivity contribution in [3.05, 3.63) is 17.5 Å². The lowest BCUT2D eigenvalue weighted by atomic mass is 10.0. The molecule has 0 saturated heterocycles. The zero-order valence-electron chi connectivity index (χ0n) is 11.0. The second-order valence-corrected chi connectivity index (χ2v) is 5.09. The van der Waals surface area contributed by atoms with Gasteiger partial charge in [0.25, 0.3) is 0 Å². The van der Waals surface area contributed by atoms with Crippen molar-refractivity contribution < 1.29 is 22.7 Å². The number of nitrogens with zero attached hydrogens (tertiary/aromatic N) is 1. The maximum Gasteiger partial charge on any atom is 0.433 e. The summed E-state index contributed by atoms with van der Waals surface area (Å²) in [5.41, 5.74) is -0.851. The summed E-state index contributed by atoms with van der Waals surface area (Å²) in [4.78, 5) is 11.5. The van der Waals surface area contributed by atoms with E-state index in [9.17, 15) is 18.0 Å². The predicted molar refractivity (Wildman–Crippen MR) is 64.8 cm³/mol. The lowest BCUT2D eigenvalue weighted by Crippen LogP contribution is -2.13. The van der Waals surface area contributed by atoms with Gasteiger partial charge in [0.15, 0.2) is 0 Å². The van der Waals surface area contributed by atoms with Gasteiger partial charge < -0.3 is 4.74 Å². The lowest BCUT2D eigenvalue weighted by Gasteiger charge is -2.10. The second kappa shape index (κ2) is 6.28. The van der Waals surface area contributed by atoms with E-state index >= 15 is 0 Å². The smallest absolute Gasteiger partial charge is 0.433 e. The molecule has 1 saturated carbocycles. The van der Waals surface area contributed by atoms with Crippen molar-refractivity contribution in [1.29, 1.82) is 0 Å². The first-order valence-electron chi connectivity index (χ1n) is 6.72. The number of nitrogens with one attached hydrogen (secondary N) is 1. The minimum atomic E-state index is -4.46. The molecule has 2 rings (SSSR count). The summed E-state index contributed by atoms with van der Waals surface area (Å²) in [5.74, 6) is 0.0520. The van der Waals surface area contributed by atoms with Crippen molar-refractivity contribution in [3.8, 4) is 0 Å². The topological polar surface area (TPSA) is 55.0 Å². The van der Waals surface area contributed by atoms with Crippen LogP contribution in [0.1, 0.15) is 43.4 Å². The Bertz CT molecular complexity index is 451. The average molecular weight is 290 g/mol. The highest BCUT2D eigenvalue weighted by Gasteiger charge is 2.35. The number of carbonyl (C=O) groups excluding carboxylic acids is 1. The van der Waals surface area contributed by atoms with Crippen molar-refractivity contribution in [2.45, 2.75) is 44.7 Å². The number of halogens is 3. The summed E-state index contributed by atoms with van der Waals surface area (Å²) < 4.78 is 42.7. The molecule has 112 valence electrons. The van der Waals surface area contributed by atoms with Crippen molar-refractivity contribution in [2.75, 3.05) is 6.61 Å². The largest absolute Gasteiger partial charge is 0.465 e. The monoisotopic (exact) mass is 290 g/mol. The standard InChI is InChI=1S/C13H17F3N2O2/c14-13(15,16)12-10(8-17-18-12)5-6-20-11(19)7-9-3-1-2-4-9/h8-9H,1-7H2,(H,17,18). The van der Waals surface area contributed by atoms with E-state index in [1.807, 2.05) is 5.10 Å². The lowest BCUT2D eigenvalue weighted by molar-refractivity contribution is -0.144. The molecule has 0 bridgehead atoms. The first-order chi connectivity index (χ1) is 9.47. The van der Waals surface area contributed by atoms with E-state index in [-0.39, 0.29) is 24.6 Å². The van der Waals surface area contributed by atoms with Gasteiger partial charge in [-0.05, 0) is 18.8 Å². The van der Waals surface area contributed by atoms with Crippen LogP contribution in [0.2, 0.25) is 0 Å². The molecule has 0 spiro atoms. The van der Waals surface area contributed by atoms with Crippen LogP contribution in [0.15, 0.2) is 6.20 Å². The second-order valence-electron chi connectivity index (χ2n) is 5.09. The van der Waals surface area contributed by atoms with E-state index in [0.717, 1.165) is 31.9 Å². The van der Waals surface area contributed by atoms with E-state index in [0.29, 0.717) is 12.3 Å². The van der Waals surface area contributed by atoms with Crippen LogP contribution in [0.25, 0.3) is 0 Å². The van der Waals surface area contributed by atoms with E-state index in [2.05, 4.69) is 5.10 Å². The molecular formula is C13H17F3N2O2. The number of alkyl halides is 3. The molecule has 1 aromatic heterocycles. The van der Waals surface area contributed by atoms with Crippen LogP contribution in [0.5, 0.6) is 0 Å². The Morgan fingerprint density at radius 1 is 1.40 bits per heavy atom. The molecule has 0 unspecified atom stereocenters. The molecule has 20 heavy (non-hydrogen) atoms. The predicted octanol–water partition coefficient (Wildman–Crippen LogP) is 3.09. The first kappa shape index (κ1) is 14.9. The highest BCUT2D eigenvalue weighted by atomic mass is 19.4. The molecule has 0 aromatic carbocycles. The SMILES string of the molecule is O=C(CC1CCCC1)OCCc1cn[nH]c1C(F)(F)F. The van der Waals surface area contributed by atoms with E-state index in [1.165, 1.54) is 0 Å². The number of aromatic nitrogens is 2. The normalized spacial score (nSPS) is 16.6. The zero-order chi connectivity index (χ0) is 14.6. The number of esters is 1. The summed E-state index contributed by atoms with van der Waals surface area (Å²) in [7, 11) is 0. The summed E-state index contributed by atoms with van der Waals surface area (Å²) in [6.45, 7) is -0.0475. The Morgan fingerprint density at radius 3 is 2.75 bits per heavy atom. The number of carbonyl (C=O) groups is 1. The van der Waals surface area contributed by atoms with Gasteiger partial charge in [-0.2, -0.15) is 18.3 Å². The van der Waals surface area contributed by atoms with Crippen LogP contribution in [-0.4, -0.2) is 22.8 Å². The van der Waals surface area contributed by atoms with Crippen LogP contribution in [0.4, 0.5) is 13.2 Å². The Morgan fingerprint density at radius 2 is 2.10 bits per heavy atom. The molecule has 7 heteroatoms. The van der Waals surface area contributed by atoms with Crippen molar-refractivity contribution >= 4 is 5.97 Å². The van der Waals surface area contributed by atoms with Crippen LogP contribution in [0.3, 0.4) is 0 Å². The number of H-pyrrole nitrogens is 1. The molecule has 1 heterocycles. The Kier molecular flexibility index (Phi) is 4.67. The molecule has 0 atom stereocenters. The fourth-order valence-electron chi connectivity index (χ4n) is 2.53. The van der Waals surface area contributed by atoms with Gasteiger partial charge in [0.1, 0.15) is 5.69 Å². The van der Waals surface area contributed by atoms with Crippen molar-refractivity contribution in [2.24, 2.45) is 5.92 Å². The average Bonchev–Trinajstić information content (AvgIpc) is 2.98. The highest BCUT2D eigenvalue weighted by Crippen LogP contribution is 2.30. The third-order valence-corrected chi connectivity index (χ3v) is 3.57. The third-order valence-electron chi connectivity index (χ3n) is 3.57. The number of ether oxygens (including phenoxy) is 1. The number of hydrogen-bond acceptors (Lipinski definition) is 3. The molecule has 1 aliphatic rings. The van der Waals surface area contributed by atoms with Gasteiger partial charge in [-0.3, -0.25) is 9.89 Å². The molecule has 4 nitrogen and oxygen atoms in total. The minimum absolute atomic E-state index is 0.0156. The highest BCUT2D eigenvalue weighted by molar-refractivity contribution is 5.69. The molecule has 0 radical (unpaired) electrons. The van der Waals surface area contributed by atoms with Gasteiger partial charge in [-0.25, -0.2) is 0 Å². The number of aromatic amines is 1. The summed E-state index contributed by atoms with van der Waals surface area (Å²) in [6, 6.07) is 0. The van der Waals surface area contributed by atoms with Crippen LogP contribution >= 0.6 is 0 Å². The Balaban J connectivity index is 1.75. The maximum absolute atomic E-state index is 12.6. The van der Waals surface area contributed by atoms with Crippen LogP contribution in [0, 0.1) is 5.92 Å². The fourth-order valence-corrected chi connectivity index (χ4v) is 2.53. The van der Waals surface area contributed by atoms with E-state index in [1.54, 1.807) is 0 Å². The molecule has 1 N–H and O–H groups in total. The van der Waals surface area contributed by atoms with Crippen molar-refractivity contribution in [3.63, 3.8) is 0 Å². The van der Waals surface area contributed by atoms with Gasteiger partial charge >= 0.3 is 12.1 Å². The Hall–Kier alpha value is -1.53. The van der Waals surface area contributed by atoms with Gasteiger partial charge in [0, 0.05) is 18.4 Å². The number of rotatable bonds is 5. The Labute approximate surface area is 114 Å². The van der Waals surface area contributed by atoms with E-state index in [4.69, 9.17) is 4.74 Å². The quantitative estimate of drug-likeness (QED) is 0.848.